The fourth-order valence-electron chi connectivity index (χ4n) is 0.875. The van der Waals surface area contributed by atoms with Crippen molar-refractivity contribution < 1.29 is 0 Å². The molecule has 11 heavy (non-hydrogen) atoms. The van der Waals surface area contributed by atoms with E-state index in [9.17, 15) is 0 Å². The lowest BCUT2D eigenvalue weighted by atomic mass is 10.5. The van der Waals surface area contributed by atoms with Gasteiger partial charge in [0, 0.05) is 24.9 Å². The minimum atomic E-state index is 0.0694. The molecule has 1 aliphatic rings. The van der Waals surface area contributed by atoms with E-state index < -0.39 is 0 Å². The van der Waals surface area contributed by atoms with Crippen LogP contribution in [0.25, 0.3) is 0 Å². The molecule has 0 aliphatic carbocycles. The van der Waals surface area contributed by atoms with Gasteiger partial charge in [-0.3, -0.25) is 8.61 Å². The van der Waals surface area contributed by atoms with Crippen molar-refractivity contribution in [2.45, 2.75) is 6.17 Å². The molecule has 0 aromatic carbocycles. The van der Waals surface area contributed by atoms with E-state index in [4.69, 9.17) is 6.42 Å². The Kier molecular flexibility index (Phi) is 3.03. The van der Waals surface area contributed by atoms with Gasteiger partial charge < -0.3 is 0 Å². The third-order valence-electron chi connectivity index (χ3n) is 1.41. The minimum Gasteiger partial charge on any atom is -0.288 e. The molecule has 1 aliphatic heterocycles. The molecule has 0 amide bonds. The molecule has 60 valence electrons. The molecule has 0 fully saturated rings. The van der Waals surface area contributed by atoms with Crippen LogP contribution in [-0.4, -0.2) is 27.3 Å². The predicted octanol–water partition coefficient (Wildman–Crippen LogP) is 1.59. The topological polar surface area (TPSA) is 6.48 Å². The number of hydrogen-bond acceptors (Lipinski definition) is 4. The van der Waals surface area contributed by atoms with E-state index in [-0.39, 0.29) is 6.17 Å². The van der Waals surface area contributed by atoms with Gasteiger partial charge in [0.15, 0.2) is 6.17 Å². The molecule has 0 N–H and O–H groups in total. The molecule has 0 aromatic rings. The van der Waals surface area contributed by atoms with Crippen molar-refractivity contribution in [1.29, 1.82) is 0 Å². The minimum absolute atomic E-state index is 0.0694. The molecular weight excluding hydrogens is 176 g/mol. The zero-order valence-corrected chi connectivity index (χ0v) is 8.15. The molecule has 0 atom stereocenters. The number of hydrogen-bond donors (Lipinski definition) is 0. The molecule has 1 heterocycles. The lowest BCUT2D eigenvalue weighted by molar-refractivity contribution is 0.430. The third kappa shape index (κ3) is 1.60. The van der Waals surface area contributed by atoms with Crippen molar-refractivity contribution in [2.75, 3.05) is 12.5 Å². The molecule has 0 spiro atoms. The van der Waals surface area contributed by atoms with Crippen LogP contribution in [0.3, 0.4) is 0 Å². The van der Waals surface area contributed by atoms with E-state index >= 15 is 0 Å². The lowest BCUT2D eigenvalue weighted by Crippen LogP contribution is -2.28. The van der Waals surface area contributed by atoms with Crippen molar-refractivity contribution in [3.8, 4) is 12.3 Å². The van der Waals surface area contributed by atoms with E-state index in [0.717, 1.165) is 0 Å². The second-order valence-corrected chi connectivity index (χ2v) is 3.50. The Balaban J connectivity index is 2.64. The molecule has 0 saturated carbocycles. The monoisotopic (exact) mass is 186 g/mol. The van der Waals surface area contributed by atoms with Crippen LogP contribution in [-0.2, 0) is 0 Å². The zero-order valence-electron chi connectivity index (χ0n) is 6.52. The van der Waals surface area contributed by atoms with Crippen LogP contribution in [0.1, 0.15) is 0 Å². The van der Waals surface area contributed by atoms with Gasteiger partial charge in [-0.2, -0.15) is 0 Å². The summed E-state index contributed by atoms with van der Waals surface area (Å²) in [5.74, 6) is 2.71. The highest BCUT2D eigenvalue weighted by atomic mass is 32.2. The van der Waals surface area contributed by atoms with Crippen molar-refractivity contribution in [3.05, 3.63) is 12.4 Å². The van der Waals surface area contributed by atoms with Crippen molar-refractivity contribution in [3.63, 3.8) is 0 Å². The molecule has 0 unspecified atom stereocenters. The van der Waals surface area contributed by atoms with Gasteiger partial charge >= 0.3 is 0 Å². The first-order valence-corrected chi connectivity index (χ1v) is 5.49. The van der Waals surface area contributed by atoms with E-state index in [1.54, 1.807) is 23.9 Å². The number of rotatable bonds is 2. The summed E-state index contributed by atoms with van der Waals surface area (Å²) in [7, 11) is 0. The van der Waals surface area contributed by atoms with Crippen molar-refractivity contribution in [2.24, 2.45) is 0 Å². The molecule has 2 nitrogen and oxygen atoms in total. The van der Waals surface area contributed by atoms with E-state index in [1.165, 1.54) is 0 Å². The molecule has 1 rings (SSSR count). The van der Waals surface area contributed by atoms with E-state index in [0.29, 0.717) is 0 Å². The summed E-state index contributed by atoms with van der Waals surface area (Å²) in [6.07, 6.45) is 13.4. The Labute approximate surface area is 76.3 Å². The third-order valence-corrected chi connectivity index (χ3v) is 2.90. The summed E-state index contributed by atoms with van der Waals surface area (Å²) in [5.41, 5.74) is 0. The van der Waals surface area contributed by atoms with Crippen LogP contribution in [0.4, 0.5) is 0 Å². The summed E-state index contributed by atoms with van der Waals surface area (Å²) in [6.45, 7) is 0. The highest BCUT2D eigenvalue weighted by Gasteiger charge is 2.22. The van der Waals surface area contributed by atoms with Gasteiger partial charge in [0.2, 0.25) is 0 Å². The van der Waals surface area contributed by atoms with Gasteiger partial charge in [-0.25, -0.2) is 0 Å². The van der Waals surface area contributed by atoms with Crippen molar-refractivity contribution >= 4 is 23.9 Å². The molecule has 0 bridgehead atoms. The SMILES string of the molecule is C#CC1N(SC)C=CN1SC. The molecular formula is C7H10N2S2. The Morgan fingerprint density at radius 2 is 1.73 bits per heavy atom. The largest absolute Gasteiger partial charge is 0.288 e. The summed E-state index contributed by atoms with van der Waals surface area (Å²) in [5, 5.41) is 0. The summed E-state index contributed by atoms with van der Waals surface area (Å²) in [6, 6.07) is 0. The lowest BCUT2D eigenvalue weighted by Gasteiger charge is -2.24. The average Bonchev–Trinajstić information content (AvgIpc) is 2.45. The number of nitrogens with zero attached hydrogens (tertiary/aromatic N) is 2. The quantitative estimate of drug-likeness (QED) is 0.477. The Morgan fingerprint density at radius 1 is 1.27 bits per heavy atom. The number of terminal acetylenes is 1. The summed E-state index contributed by atoms with van der Waals surface area (Å²) in [4.78, 5) is 0. The summed E-state index contributed by atoms with van der Waals surface area (Å²) >= 11 is 3.27. The van der Waals surface area contributed by atoms with Gasteiger partial charge in [0.1, 0.15) is 0 Å². The Morgan fingerprint density at radius 3 is 2.00 bits per heavy atom. The molecule has 0 saturated heterocycles. The van der Waals surface area contributed by atoms with Gasteiger partial charge in [0.05, 0.1) is 0 Å². The van der Waals surface area contributed by atoms with Crippen LogP contribution in [0.2, 0.25) is 0 Å². The fourth-order valence-corrected chi connectivity index (χ4v) is 2.01. The van der Waals surface area contributed by atoms with E-state index in [2.05, 4.69) is 5.92 Å². The van der Waals surface area contributed by atoms with Crippen LogP contribution < -0.4 is 0 Å². The maximum atomic E-state index is 5.37. The maximum absolute atomic E-state index is 5.37. The zero-order chi connectivity index (χ0) is 8.27. The highest BCUT2D eigenvalue weighted by molar-refractivity contribution is 7.97. The molecule has 0 radical (unpaired) electrons. The fraction of sp³-hybridized carbons (Fsp3) is 0.429. The summed E-state index contributed by atoms with van der Waals surface area (Å²) < 4.78 is 4.08. The first-order valence-electron chi connectivity index (χ1n) is 3.13. The molecule has 0 aromatic heterocycles. The van der Waals surface area contributed by atoms with Gasteiger partial charge in [-0.1, -0.05) is 29.8 Å². The molecule has 4 heteroatoms. The maximum Gasteiger partial charge on any atom is 0.183 e. The van der Waals surface area contributed by atoms with Gasteiger partial charge in [-0.15, -0.1) is 6.42 Å². The first kappa shape index (κ1) is 8.69. The standard InChI is InChI=1S/C7H10N2S2/c1-4-7-8(10-2)5-6-9(7)11-3/h1,5-7H,2-3H3. The average molecular weight is 186 g/mol. The van der Waals surface area contributed by atoms with Crippen molar-refractivity contribution in [1.82, 2.24) is 8.61 Å². The van der Waals surface area contributed by atoms with Crippen LogP contribution in [0, 0.1) is 12.3 Å². The Bertz CT molecular complexity index is 183. The smallest absolute Gasteiger partial charge is 0.183 e. The first-order chi connectivity index (χ1) is 5.33. The van der Waals surface area contributed by atoms with Crippen LogP contribution in [0.5, 0.6) is 0 Å². The van der Waals surface area contributed by atoms with Crippen LogP contribution >= 0.6 is 23.9 Å². The predicted molar refractivity (Wildman–Crippen MR) is 52.5 cm³/mol. The van der Waals surface area contributed by atoms with Gasteiger partial charge in [-0.05, 0) is 0 Å². The van der Waals surface area contributed by atoms with Crippen LogP contribution in [0.15, 0.2) is 12.4 Å². The Hall–Kier alpha value is -0.400. The van der Waals surface area contributed by atoms with Gasteiger partial charge in [0.25, 0.3) is 0 Å². The second-order valence-electron chi connectivity index (χ2n) is 1.92. The van der Waals surface area contributed by atoms with E-state index in [1.807, 2.05) is 33.5 Å². The second kappa shape index (κ2) is 3.84. The normalized spacial score (nSPS) is 17.5. The highest BCUT2D eigenvalue weighted by Crippen LogP contribution is 2.26.